The fourth-order valence-corrected chi connectivity index (χ4v) is 2.15. The van der Waals surface area contributed by atoms with E-state index in [1.807, 2.05) is 6.07 Å². The quantitative estimate of drug-likeness (QED) is 0.674. The van der Waals surface area contributed by atoms with Crippen LogP contribution in [-0.2, 0) is 6.42 Å². The van der Waals surface area contributed by atoms with Gasteiger partial charge in [0.1, 0.15) is 0 Å². The van der Waals surface area contributed by atoms with E-state index in [2.05, 4.69) is 53.4 Å². The van der Waals surface area contributed by atoms with Crippen LogP contribution in [0.1, 0.15) is 5.56 Å². The molecule has 73 valence electrons. The standard InChI is InChI=1S/C14H12N/c1-2-7-13(8-3-1)15-11-10-12-6-4-5-9-14(12)15/h1-4,6-9H,10-11H2. The number of para-hydroxylation sites is 1. The minimum Gasteiger partial charge on any atom is -0.341 e. The zero-order valence-electron chi connectivity index (χ0n) is 8.48. The Morgan fingerprint density at radius 2 is 1.93 bits per heavy atom. The normalized spacial score (nSPS) is 14.0. The Balaban J connectivity index is 2.05. The molecule has 2 aromatic rings. The molecule has 3 rings (SSSR count). The maximum Gasteiger partial charge on any atom is 0.0450 e. The zero-order chi connectivity index (χ0) is 10.1. The van der Waals surface area contributed by atoms with Gasteiger partial charge in [0.25, 0.3) is 0 Å². The first-order valence-electron chi connectivity index (χ1n) is 5.27. The molecule has 0 unspecified atom stereocenters. The Kier molecular flexibility index (Phi) is 1.95. The average molecular weight is 194 g/mol. The summed E-state index contributed by atoms with van der Waals surface area (Å²) < 4.78 is 0. The van der Waals surface area contributed by atoms with Gasteiger partial charge in [0.15, 0.2) is 0 Å². The lowest BCUT2D eigenvalue weighted by molar-refractivity contribution is 0.998. The predicted molar refractivity (Wildman–Crippen MR) is 62.4 cm³/mol. The summed E-state index contributed by atoms with van der Waals surface area (Å²) in [6, 6.07) is 19.9. The first-order valence-corrected chi connectivity index (χ1v) is 5.27. The van der Waals surface area contributed by atoms with Gasteiger partial charge < -0.3 is 4.90 Å². The second-order valence-corrected chi connectivity index (χ2v) is 3.79. The van der Waals surface area contributed by atoms with Crippen molar-refractivity contribution in [2.24, 2.45) is 0 Å². The molecule has 1 nitrogen and oxygen atoms in total. The van der Waals surface area contributed by atoms with Gasteiger partial charge in [-0.3, -0.25) is 0 Å². The number of rotatable bonds is 1. The van der Waals surface area contributed by atoms with Crippen molar-refractivity contribution >= 4 is 11.4 Å². The topological polar surface area (TPSA) is 3.24 Å². The highest BCUT2D eigenvalue weighted by atomic mass is 15.2. The van der Waals surface area contributed by atoms with Crippen LogP contribution in [0, 0.1) is 6.07 Å². The lowest BCUT2D eigenvalue weighted by Gasteiger charge is -2.19. The van der Waals surface area contributed by atoms with Gasteiger partial charge in [-0.15, -0.1) is 0 Å². The molecule has 0 amide bonds. The van der Waals surface area contributed by atoms with E-state index in [1.165, 1.54) is 16.9 Å². The van der Waals surface area contributed by atoms with Crippen LogP contribution in [0.5, 0.6) is 0 Å². The minimum absolute atomic E-state index is 1.08. The molecule has 1 heterocycles. The molecule has 1 aliphatic rings. The fourth-order valence-electron chi connectivity index (χ4n) is 2.15. The number of benzene rings is 2. The maximum absolute atomic E-state index is 3.15. The second kappa shape index (κ2) is 3.43. The molecule has 0 bridgehead atoms. The molecular formula is C14H12N. The summed E-state index contributed by atoms with van der Waals surface area (Å²) in [7, 11) is 0. The Labute approximate surface area is 90.0 Å². The number of hydrogen-bond acceptors (Lipinski definition) is 1. The van der Waals surface area contributed by atoms with E-state index in [0.29, 0.717) is 0 Å². The molecule has 0 fully saturated rings. The molecule has 0 aliphatic carbocycles. The highest BCUT2D eigenvalue weighted by molar-refractivity contribution is 5.69. The Bertz CT molecular complexity index is 462. The minimum atomic E-state index is 1.08. The van der Waals surface area contributed by atoms with E-state index < -0.39 is 0 Å². The van der Waals surface area contributed by atoms with Gasteiger partial charge in [-0.05, 0) is 36.2 Å². The molecule has 0 atom stereocenters. The number of hydrogen-bond donors (Lipinski definition) is 0. The lowest BCUT2D eigenvalue weighted by atomic mass is 10.2. The van der Waals surface area contributed by atoms with Gasteiger partial charge in [-0.2, -0.15) is 0 Å². The Morgan fingerprint density at radius 3 is 2.80 bits per heavy atom. The van der Waals surface area contributed by atoms with Crippen LogP contribution < -0.4 is 4.90 Å². The van der Waals surface area contributed by atoms with Gasteiger partial charge in [-0.25, -0.2) is 0 Å². The van der Waals surface area contributed by atoms with Crippen LogP contribution in [-0.4, -0.2) is 6.54 Å². The number of fused-ring (bicyclic) bond motifs is 1. The summed E-state index contributed by atoms with van der Waals surface area (Å²) in [5.74, 6) is 0. The summed E-state index contributed by atoms with van der Waals surface area (Å²) in [4.78, 5) is 2.35. The van der Waals surface area contributed by atoms with Crippen LogP contribution in [0.25, 0.3) is 0 Å². The zero-order valence-corrected chi connectivity index (χ0v) is 8.48. The van der Waals surface area contributed by atoms with Crippen LogP contribution in [0.15, 0.2) is 48.5 Å². The maximum atomic E-state index is 3.15. The van der Waals surface area contributed by atoms with Crippen molar-refractivity contribution in [1.82, 2.24) is 0 Å². The van der Waals surface area contributed by atoms with Crippen molar-refractivity contribution in [3.05, 3.63) is 60.2 Å². The SMILES string of the molecule is [c]1ccc2c(c1)N(c1ccccc1)CC2. The van der Waals surface area contributed by atoms with Crippen molar-refractivity contribution in [3.63, 3.8) is 0 Å². The summed E-state index contributed by atoms with van der Waals surface area (Å²) >= 11 is 0. The fraction of sp³-hybridized carbons (Fsp3) is 0.143. The van der Waals surface area contributed by atoms with Gasteiger partial charge in [-0.1, -0.05) is 30.3 Å². The molecule has 0 spiro atoms. The van der Waals surface area contributed by atoms with Crippen LogP contribution in [0.4, 0.5) is 11.4 Å². The molecular weight excluding hydrogens is 182 g/mol. The molecule has 0 saturated heterocycles. The lowest BCUT2D eigenvalue weighted by Crippen LogP contribution is -2.12. The first-order chi connectivity index (χ1) is 7.45. The Morgan fingerprint density at radius 1 is 1.07 bits per heavy atom. The third-order valence-electron chi connectivity index (χ3n) is 2.89. The third kappa shape index (κ3) is 1.40. The molecule has 1 aliphatic heterocycles. The monoisotopic (exact) mass is 194 g/mol. The van der Waals surface area contributed by atoms with E-state index in [-0.39, 0.29) is 0 Å². The highest BCUT2D eigenvalue weighted by Gasteiger charge is 2.18. The third-order valence-corrected chi connectivity index (χ3v) is 2.89. The first kappa shape index (κ1) is 8.54. The van der Waals surface area contributed by atoms with Crippen LogP contribution >= 0.6 is 0 Å². The van der Waals surface area contributed by atoms with Crippen LogP contribution in [0.3, 0.4) is 0 Å². The van der Waals surface area contributed by atoms with E-state index in [4.69, 9.17) is 0 Å². The van der Waals surface area contributed by atoms with E-state index in [9.17, 15) is 0 Å². The number of anilines is 2. The van der Waals surface area contributed by atoms with Gasteiger partial charge in [0.05, 0.1) is 0 Å². The number of nitrogens with zero attached hydrogens (tertiary/aromatic N) is 1. The molecule has 0 N–H and O–H groups in total. The molecule has 0 aromatic heterocycles. The predicted octanol–water partition coefficient (Wildman–Crippen LogP) is 3.18. The highest BCUT2D eigenvalue weighted by Crippen LogP contribution is 2.33. The average Bonchev–Trinajstić information content (AvgIpc) is 2.74. The van der Waals surface area contributed by atoms with E-state index >= 15 is 0 Å². The molecule has 0 saturated carbocycles. The molecule has 1 heteroatoms. The largest absolute Gasteiger partial charge is 0.341 e. The second-order valence-electron chi connectivity index (χ2n) is 3.79. The smallest absolute Gasteiger partial charge is 0.0450 e. The van der Waals surface area contributed by atoms with Crippen molar-refractivity contribution in [2.75, 3.05) is 11.4 Å². The molecule has 15 heavy (non-hydrogen) atoms. The van der Waals surface area contributed by atoms with E-state index in [0.717, 1.165) is 13.0 Å². The summed E-state index contributed by atoms with van der Waals surface area (Å²) in [6.07, 6.45) is 1.14. The van der Waals surface area contributed by atoms with Gasteiger partial charge in [0, 0.05) is 17.9 Å². The van der Waals surface area contributed by atoms with Gasteiger partial charge >= 0.3 is 0 Å². The van der Waals surface area contributed by atoms with Crippen molar-refractivity contribution in [1.29, 1.82) is 0 Å². The molecule has 1 radical (unpaired) electrons. The van der Waals surface area contributed by atoms with E-state index in [1.54, 1.807) is 0 Å². The van der Waals surface area contributed by atoms with Gasteiger partial charge in [0.2, 0.25) is 0 Å². The summed E-state index contributed by atoms with van der Waals surface area (Å²) in [6.45, 7) is 1.08. The Hall–Kier alpha value is -1.76. The summed E-state index contributed by atoms with van der Waals surface area (Å²) in [5, 5.41) is 0. The van der Waals surface area contributed by atoms with Crippen LogP contribution in [0.2, 0.25) is 0 Å². The summed E-state index contributed by atoms with van der Waals surface area (Å²) in [5.41, 5.74) is 4.01. The van der Waals surface area contributed by atoms with Crippen molar-refractivity contribution < 1.29 is 0 Å². The molecule has 2 aromatic carbocycles. The van der Waals surface area contributed by atoms with Crippen molar-refractivity contribution in [3.8, 4) is 0 Å². The van der Waals surface area contributed by atoms with Crippen molar-refractivity contribution in [2.45, 2.75) is 6.42 Å².